The van der Waals surface area contributed by atoms with Crippen LogP contribution in [-0.4, -0.2) is 17.4 Å². The molecule has 4 nitrogen and oxygen atoms in total. The number of hydrogen-bond donors (Lipinski definition) is 1. The molecule has 96 valence electrons. The number of aromatic nitrogens is 1. The van der Waals surface area contributed by atoms with Crippen LogP contribution in [0.25, 0.3) is 0 Å². The lowest BCUT2D eigenvalue weighted by molar-refractivity contribution is 0.0954. The summed E-state index contributed by atoms with van der Waals surface area (Å²) in [5, 5.41) is 11.6. The predicted octanol–water partition coefficient (Wildman–Crippen LogP) is 2.75. The van der Waals surface area contributed by atoms with Gasteiger partial charge in [-0.2, -0.15) is 5.26 Å². The maximum Gasteiger partial charge on any atom is 0.252 e. The summed E-state index contributed by atoms with van der Waals surface area (Å²) >= 11 is 5.05. The van der Waals surface area contributed by atoms with Crippen LogP contribution in [0.3, 0.4) is 0 Å². The number of pyridine rings is 1. The van der Waals surface area contributed by atoms with Crippen molar-refractivity contribution in [2.24, 2.45) is 0 Å². The lowest BCUT2D eigenvalue weighted by Gasteiger charge is -2.04. The first-order valence-electron chi connectivity index (χ1n) is 5.56. The average molecular weight is 336 g/mol. The van der Waals surface area contributed by atoms with Crippen molar-refractivity contribution in [3.63, 3.8) is 0 Å². The second kappa shape index (κ2) is 6.45. The molecule has 0 aliphatic rings. The monoisotopic (exact) mass is 335 g/mol. The molecule has 2 aromatic heterocycles. The molecule has 19 heavy (non-hydrogen) atoms. The van der Waals surface area contributed by atoms with Gasteiger partial charge in [-0.1, -0.05) is 0 Å². The molecule has 2 heterocycles. The van der Waals surface area contributed by atoms with Gasteiger partial charge in [0.1, 0.15) is 6.07 Å². The second-order valence-electron chi connectivity index (χ2n) is 3.79. The molecular formula is C13H10BrN3OS. The van der Waals surface area contributed by atoms with Gasteiger partial charge in [0.2, 0.25) is 0 Å². The molecule has 0 spiro atoms. The Kier molecular flexibility index (Phi) is 4.66. The highest BCUT2D eigenvalue weighted by Crippen LogP contribution is 2.22. The van der Waals surface area contributed by atoms with Gasteiger partial charge < -0.3 is 5.32 Å². The van der Waals surface area contributed by atoms with E-state index in [9.17, 15) is 4.79 Å². The van der Waals surface area contributed by atoms with Crippen molar-refractivity contribution in [3.05, 3.63) is 50.4 Å². The van der Waals surface area contributed by atoms with Gasteiger partial charge in [0.25, 0.3) is 5.91 Å². The highest BCUT2D eigenvalue weighted by Gasteiger charge is 2.06. The molecular weight excluding hydrogens is 326 g/mol. The molecule has 2 rings (SSSR count). The van der Waals surface area contributed by atoms with Gasteiger partial charge in [-0.05, 0) is 40.5 Å². The maximum atomic E-state index is 11.8. The number of hydrogen-bond acceptors (Lipinski definition) is 4. The highest BCUT2D eigenvalue weighted by molar-refractivity contribution is 9.11. The van der Waals surface area contributed by atoms with Gasteiger partial charge in [0, 0.05) is 23.8 Å². The Morgan fingerprint density at radius 2 is 2.32 bits per heavy atom. The lowest BCUT2D eigenvalue weighted by Crippen LogP contribution is -2.25. The van der Waals surface area contributed by atoms with Crippen molar-refractivity contribution in [2.45, 2.75) is 6.42 Å². The number of nitriles is 1. The van der Waals surface area contributed by atoms with Gasteiger partial charge in [0.15, 0.2) is 0 Å². The fourth-order valence-corrected chi connectivity index (χ4v) is 3.00. The van der Waals surface area contributed by atoms with E-state index in [1.54, 1.807) is 11.3 Å². The Hall–Kier alpha value is -1.71. The van der Waals surface area contributed by atoms with Crippen LogP contribution in [0.4, 0.5) is 0 Å². The topological polar surface area (TPSA) is 65.8 Å². The minimum Gasteiger partial charge on any atom is -0.352 e. The summed E-state index contributed by atoms with van der Waals surface area (Å²) in [7, 11) is 0. The molecule has 0 saturated heterocycles. The van der Waals surface area contributed by atoms with Crippen LogP contribution in [0, 0.1) is 11.3 Å². The van der Waals surface area contributed by atoms with E-state index in [2.05, 4.69) is 26.2 Å². The van der Waals surface area contributed by atoms with Crippen LogP contribution in [0.15, 0.2) is 34.4 Å². The summed E-state index contributed by atoms with van der Waals surface area (Å²) in [5.41, 5.74) is 0.793. The Morgan fingerprint density at radius 3 is 3.00 bits per heavy atom. The quantitative estimate of drug-likeness (QED) is 0.934. The van der Waals surface area contributed by atoms with Gasteiger partial charge >= 0.3 is 0 Å². The van der Waals surface area contributed by atoms with E-state index in [1.165, 1.54) is 23.3 Å². The molecule has 0 fully saturated rings. The number of thiophene rings is 1. The molecule has 0 aliphatic heterocycles. The van der Waals surface area contributed by atoms with Crippen molar-refractivity contribution in [1.29, 1.82) is 5.26 Å². The van der Waals surface area contributed by atoms with Crippen molar-refractivity contribution < 1.29 is 4.79 Å². The van der Waals surface area contributed by atoms with Crippen LogP contribution in [0.2, 0.25) is 0 Å². The van der Waals surface area contributed by atoms with E-state index in [0.717, 1.165) is 10.2 Å². The molecule has 6 heteroatoms. The summed E-state index contributed by atoms with van der Waals surface area (Å²) in [5.74, 6) is -0.208. The third-order valence-corrected chi connectivity index (χ3v) is 4.10. The van der Waals surface area contributed by atoms with E-state index in [4.69, 9.17) is 5.26 Å². The Balaban J connectivity index is 1.89. The summed E-state index contributed by atoms with van der Waals surface area (Å²) in [4.78, 5) is 16.9. The molecule has 0 bridgehead atoms. The van der Waals surface area contributed by atoms with Crippen LogP contribution in [-0.2, 0) is 6.42 Å². The van der Waals surface area contributed by atoms with Crippen LogP contribution in [0.1, 0.15) is 20.8 Å². The first kappa shape index (κ1) is 13.7. The van der Waals surface area contributed by atoms with Crippen molar-refractivity contribution in [3.8, 4) is 6.07 Å². The standard InChI is InChI=1S/C13H10BrN3OS/c14-12-2-1-11(19-12)3-4-17-13(18)10-5-9(6-15)7-16-8-10/h1-2,5,7-8H,3-4H2,(H,17,18). The number of carbonyl (C=O) groups excluding carboxylic acids is 1. The zero-order valence-corrected chi connectivity index (χ0v) is 12.3. The number of halogens is 1. The first-order chi connectivity index (χ1) is 9.19. The van der Waals surface area contributed by atoms with E-state index in [1.807, 2.05) is 18.2 Å². The molecule has 1 amide bonds. The lowest BCUT2D eigenvalue weighted by atomic mass is 10.2. The minimum atomic E-state index is -0.208. The minimum absolute atomic E-state index is 0.208. The van der Waals surface area contributed by atoms with Crippen LogP contribution >= 0.6 is 27.3 Å². The third kappa shape index (κ3) is 3.88. The zero-order valence-electron chi connectivity index (χ0n) is 9.89. The Labute approximate surface area is 123 Å². The van der Waals surface area contributed by atoms with Crippen molar-refractivity contribution >= 4 is 33.2 Å². The number of nitrogens with zero attached hydrogens (tertiary/aromatic N) is 2. The number of carbonyl (C=O) groups is 1. The number of rotatable bonds is 4. The average Bonchev–Trinajstić information content (AvgIpc) is 2.84. The number of nitrogens with one attached hydrogen (secondary N) is 1. The summed E-state index contributed by atoms with van der Waals surface area (Å²) in [6.45, 7) is 0.558. The molecule has 0 radical (unpaired) electrons. The zero-order chi connectivity index (χ0) is 13.7. The Morgan fingerprint density at radius 1 is 1.47 bits per heavy atom. The molecule has 0 atom stereocenters. The van der Waals surface area contributed by atoms with Crippen LogP contribution in [0.5, 0.6) is 0 Å². The van der Waals surface area contributed by atoms with E-state index in [-0.39, 0.29) is 5.91 Å². The van der Waals surface area contributed by atoms with Crippen molar-refractivity contribution in [2.75, 3.05) is 6.54 Å². The number of amides is 1. The summed E-state index contributed by atoms with van der Waals surface area (Å²) < 4.78 is 1.08. The largest absolute Gasteiger partial charge is 0.352 e. The van der Waals surface area contributed by atoms with E-state index in [0.29, 0.717) is 17.7 Å². The molecule has 0 aromatic carbocycles. The molecule has 1 N–H and O–H groups in total. The Bertz CT molecular complexity index is 633. The SMILES string of the molecule is N#Cc1cncc(C(=O)NCCc2ccc(Br)s2)c1. The van der Waals surface area contributed by atoms with Crippen molar-refractivity contribution in [1.82, 2.24) is 10.3 Å². The fourth-order valence-electron chi connectivity index (χ4n) is 1.51. The molecule has 0 saturated carbocycles. The van der Waals surface area contributed by atoms with E-state index < -0.39 is 0 Å². The maximum absolute atomic E-state index is 11.8. The van der Waals surface area contributed by atoms with E-state index >= 15 is 0 Å². The van der Waals surface area contributed by atoms with Gasteiger partial charge in [0.05, 0.1) is 14.9 Å². The highest BCUT2D eigenvalue weighted by atomic mass is 79.9. The normalized spacial score (nSPS) is 9.89. The second-order valence-corrected chi connectivity index (χ2v) is 6.33. The molecule has 0 unspecified atom stereocenters. The first-order valence-corrected chi connectivity index (χ1v) is 7.17. The fraction of sp³-hybridized carbons (Fsp3) is 0.154. The summed E-state index contributed by atoms with van der Waals surface area (Å²) in [6, 6.07) is 7.51. The molecule has 0 aliphatic carbocycles. The predicted molar refractivity (Wildman–Crippen MR) is 77.0 cm³/mol. The van der Waals surface area contributed by atoms with Gasteiger partial charge in [-0.3, -0.25) is 9.78 Å². The third-order valence-electron chi connectivity index (χ3n) is 2.42. The smallest absolute Gasteiger partial charge is 0.252 e. The van der Waals surface area contributed by atoms with Gasteiger partial charge in [-0.15, -0.1) is 11.3 Å². The van der Waals surface area contributed by atoms with Gasteiger partial charge in [-0.25, -0.2) is 0 Å². The molecule has 2 aromatic rings. The summed E-state index contributed by atoms with van der Waals surface area (Å²) in [6.07, 6.45) is 3.67. The van der Waals surface area contributed by atoms with Crippen LogP contribution < -0.4 is 5.32 Å².